The van der Waals surface area contributed by atoms with Gasteiger partial charge in [-0.05, 0) is 55.2 Å². The van der Waals surface area contributed by atoms with E-state index in [2.05, 4.69) is 12.1 Å². The molecular weight excluding hydrogens is 488 g/mol. The van der Waals surface area contributed by atoms with Gasteiger partial charge in [0.15, 0.2) is 0 Å². The van der Waals surface area contributed by atoms with Crippen molar-refractivity contribution in [2.45, 2.75) is 39.8 Å². The van der Waals surface area contributed by atoms with Gasteiger partial charge in [-0.15, -0.1) is 0 Å². The van der Waals surface area contributed by atoms with E-state index in [0.717, 1.165) is 34.2 Å². The van der Waals surface area contributed by atoms with Gasteiger partial charge in [-0.1, -0.05) is 67.6 Å². The van der Waals surface area contributed by atoms with Gasteiger partial charge in [-0.2, -0.15) is 0 Å². The Balaban J connectivity index is 1.60. The molecule has 0 N–H and O–H groups in total. The van der Waals surface area contributed by atoms with Gasteiger partial charge in [-0.3, -0.25) is 4.79 Å². The molecule has 0 atom stereocenters. The fraction of sp³-hybridized carbons (Fsp3) is 0.273. The number of carbonyl (C=O) groups is 2. The van der Waals surface area contributed by atoms with E-state index in [1.54, 1.807) is 11.8 Å². The standard InChI is InChI=1S/C33H36N2O4/c1-4-27(33(37)38-5-2)20-28-22-35(23-32(36)34(3)19-18-25-12-8-6-9-13-25)31-17-16-29(21-30(28)31)39-24-26-14-10-7-11-15-26/h6-17,20-22H,4-5,18-19,23-24H2,1-3H3. The summed E-state index contributed by atoms with van der Waals surface area (Å²) in [6.45, 7) is 5.33. The molecule has 39 heavy (non-hydrogen) atoms. The number of carbonyl (C=O) groups excluding carboxylic acids is 2. The lowest BCUT2D eigenvalue weighted by Crippen LogP contribution is -2.31. The Morgan fingerprint density at radius 2 is 1.62 bits per heavy atom. The summed E-state index contributed by atoms with van der Waals surface area (Å²) in [7, 11) is 1.84. The lowest BCUT2D eigenvalue weighted by atomic mass is 10.1. The first-order valence-corrected chi connectivity index (χ1v) is 13.4. The number of nitrogens with zero attached hydrogens (tertiary/aromatic N) is 2. The van der Waals surface area contributed by atoms with Gasteiger partial charge in [0.05, 0.1) is 6.61 Å². The summed E-state index contributed by atoms with van der Waals surface area (Å²) < 4.78 is 13.3. The zero-order valence-corrected chi connectivity index (χ0v) is 22.9. The topological polar surface area (TPSA) is 60.8 Å². The number of rotatable bonds is 12. The maximum absolute atomic E-state index is 13.2. The molecular formula is C33H36N2O4. The minimum Gasteiger partial charge on any atom is -0.489 e. The van der Waals surface area contributed by atoms with Crippen LogP contribution in [0.15, 0.2) is 90.6 Å². The van der Waals surface area contributed by atoms with Gasteiger partial charge in [-0.25, -0.2) is 4.79 Å². The number of esters is 1. The molecule has 0 saturated heterocycles. The van der Waals surface area contributed by atoms with Crippen LogP contribution in [0.5, 0.6) is 5.75 Å². The van der Waals surface area contributed by atoms with Crippen molar-refractivity contribution < 1.29 is 19.1 Å². The van der Waals surface area contributed by atoms with Crippen molar-refractivity contribution in [3.63, 3.8) is 0 Å². The second-order valence-corrected chi connectivity index (χ2v) is 9.46. The Labute approximate surface area is 230 Å². The Hall–Kier alpha value is -4.32. The third-order valence-electron chi connectivity index (χ3n) is 6.69. The van der Waals surface area contributed by atoms with Gasteiger partial charge < -0.3 is 18.9 Å². The molecule has 4 aromatic rings. The highest BCUT2D eigenvalue weighted by molar-refractivity contribution is 5.98. The molecule has 0 aliphatic heterocycles. The summed E-state index contributed by atoms with van der Waals surface area (Å²) in [5.41, 5.74) is 4.61. The smallest absolute Gasteiger partial charge is 0.333 e. The number of amides is 1. The van der Waals surface area contributed by atoms with Gasteiger partial charge in [0.25, 0.3) is 0 Å². The highest BCUT2D eigenvalue weighted by Crippen LogP contribution is 2.29. The molecule has 0 aliphatic carbocycles. The molecule has 1 amide bonds. The number of benzene rings is 3. The summed E-state index contributed by atoms with van der Waals surface area (Å²) in [4.78, 5) is 27.5. The molecule has 0 spiro atoms. The van der Waals surface area contributed by atoms with Crippen LogP contribution in [0.2, 0.25) is 0 Å². The zero-order valence-electron chi connectivity index (χ0n) is 22.9. The van der Waals surface area contributed by atoms with Crippen LogP contribution in [0.1, 0.15) is 37.0 Å². The average molecular weight is 525 g/mol. The molecule has 4 rings (SSSR count). The third-order valence-corrected chi connectivity index (χ3v) is 6.69. The monoisotopic (exact) mass is 524 g/mol. The first-order chi connectivity index (χ1) is 19.0. The Morgan fingerprint density at radius 3 is 2.28 bits per heavy atom. The van der Waals surface area contributed by atoms with E-state index in [0.29, 0.717) is 31.8 Å². The number of aromatic nitrogens is 1. The van der Waals surface area contributed by atoms with Crippen molar-refractivity contribution in [2.24, 2.45) is 0 Å². The summed E-state index contributed by atoms with van der Waals surface area (Å²) in [5.74, 6) is 0.414. The first kappa shape index (κ1) is 27.7. The van der Waals surface area contributed by atoms with Crippen molar-refractivity contribution >= 4 is 28.9 Å². The van der Waals surface area contributed by atoms with Crippen LogP contribution >= 0.6 is 0 Å². The number of hydrogen-bond acceptors (Lipinski definition) is 4. The van der Waals surface area contributed by atoms with Crippen LogP contribution < -0.4 is 4.74 Å². The molecule has 0 radical (unpaired) electrons. The molecule has 1 aromatic heterocycles. The van der Waals surface area contributed by atoms with Gasteiger partial charge in [0.1, 0.15) is 18.9 Å². The quantitative estimate of drug-likeness (QED) is 0.162. The van der Waals surface area contributed by atoms with Gasteiger partial charge >= 0.3 is 5.97 Å². The van der Waals surface area contributed by atoms with E-state index in [-0.39, 0.29) is 18.4 Å². The van der Waals surface area contributed by atoms with Crippen LogP contribution in [0.3, 0.4) is 0 Å². The molecule has 0 bridgehead atoms. The summed E-state index contributed by atoms with van der Waals surface area (Å²) in [5, 5.41) is 0.913. The number of ether oxygens (including phenoxy) is 2. The van der Waals surface area contributed by atoms with Crippen molar-refractivity contribution in [1.82, 2.24) is 9.47 Å². The summed E-state index contributed by atoms with van der Waals surface area (Å²) in [6, 6.07) is 26.0. The number of hydrogen-bond donors (Lipinski definition) is 0. The normalized spacial score (nSPS) is 11.4. The molecule has 0 saturated carbocycles. The number of fused-ring (bicyclic) bond motifs is 1. The Kier molecular flexibility index (Phi) is 9.57. The minimum absolute atomic E-state index is 0.0175. The summed E-state index contributed by atoms with van der Waals surface area (Å²) in [6.07, 6.45) is 5.13. The fourth-order valence-corrected chi connectivity index (χ4v) is 4.43. The fourth-order valence-electron chi connectivity index (χ4n) is 4.43. The van der Waals surface area contributed by atoms with Crippen LogP contribution in [-0.2, 0) is 33.9 Å². The minimum atomic E-state index is -0.325. The van der Waals surface area contributed by atoms with Gasteiger partial charge in [0.2, 0.25) is 5.91 Å². The molecule has 1 heterocycles. The third kappa shape index (κ3) is 7.38. The van der Waals surface area contributed by atoms with Crippen molar-refractivity contribution in [1.29, 1.82) is 0 Å². The Morgan fingerprint density at radius 1 is 0.923 bits per heavy atom. The second-order valence-electron chi connectivity index (χ2n) is 9.46. The van der Waals surface area contributed by atoms with Crippen LogP contribution in [-0.4, -0.2) is 41.5 Å². The molecule has 0 aliphatic rings. The first-order valence-electron chi connectivity index (χ1n) is 13.4. The van der Waals surface area contributed by atoms with E-state index in [4.69, 9.17) is 9.47 Å². The van der Waals surface area contributed by atoms with E-state index in [1.165, 1.54) is 5.56 Å². The highest BCUT2D eigenvalue weighted by atomic mass is 16.5. The van der Waals surface area contributed by atoms with Crippen molar-refractivity contribution in [3.8, 4) is 5.75 Å². The zero-order chi connectivity index (χ0) is 27.6. The van der Waals surface area contributed by atoms with Crippen LogP contribution in [0.4, 0.5) is 0 Å². The lowest BCUT2D eigenvalue weighted by molar-refractivity contribution is -0.138. The molecule has 202 valence electrons. The predicted molar refractivity (Wildman–Crippen MR) is 155 cm³/mol. The van der Waals surface area contributed by atoms with Crippen molar-refractivity contribution in [2.75, 3.05) is 20.2 Å². The van der Waals surface area contributed by atoms with Crippen LogP contribution in [0, 0.1) is 0 Å². The maximum atomic E-state index is 13.2. The predicted octanol–water partition coefficient (Wildman–Crippen LogP) is 6.28. The largest absolute Gasteiger partial charge is 0.489 e. The van der Waals surface area contributed by atoms with E-state index in [9.17, 15) is 9.59 Å². The highest BCUT2D eigenvalue weighted by Gasteiger charge is 2.16. The molecule has 0 fully saturated rings. The lowest BCUT2D eigenvalue weighted by Gasteiger charge is -2.18. The molecule has 3 aromatic carbocycles. The Bertz CT molecular complexity index is 1420. The molecule has 6 heteroatoms. The SMILES string of the molecule is CCOC(=O)C(=Cc1cn(CC(=O)N(C)CCc2ccccc2)c2ccc(OCc3ccccc3)cc12)CC. The van der Waals surface area contributed by atoms with E-state index >= 15 is 0 Å². The number of likely N-dealkylation sites (N-methyl/N-ethyl adjacent to an activating group) is 1. The molecule has 0 unspecified atom stereocenters. The average Bonchev–Trinajstić information content (AvgIpc) is 3.30. The maximum Gasteiger partial charge on any atom is 0.333 e. The van der Waals surface area contributed by atoms with Gasteiger partial charge in [0, 0.05) is 41.8 Å². The summed E-state index contributed by atoms with van der Waals surface area (Å²) >= 11 is 0. The van der Waals surface area contributed by atoms with E-state index in [1.807, 2.05) is 97.5 Å². The van der Waals surface area contributed by atoms with Crippen LogP contribution in [0.25, 0.3) is 17.0 Å². The second kappa shape index (κ2) is 13.5. The molecule has 6 nitrogen and oxygen atoms in total. The van der Waals surface area contributed by atoms with Crippen molar-refractivity contribution in [3.05, 3.63) is 107 Å². The van der Waals surface area contributed by atoms with E-state index < -0.39 is 0 Å².